The standard InChI is InChI=1S/C13H23N3O3S/c1-11-12(9-14-2)8-13(19-11)10-15-4-6-16(7-5-15)20(3,17)18/h8,14H,4-7,9-10H2,1-3H3. The number of aryl methyl sites for hydroxylation is 1. The first kappa shape index (κ1) is 15.5. The number of piperazine rings is 1. The summed E-state index contributed by atoms with van der Waals surface area (Å²) in [6.45, 7) is 6.11. The van der Waals surface area contributed by atoms with Crippen LogP contribution < -0.4 is 5.32 Å². The average molecular weight is 301 g/mol. The number of hydrogen-bond donors (Lipinski definition) is 1. The molecule has 0 bridgehead atoms. The fraction of sp³-hybridized carbons (Fsp3) is 0.692. The second kappa shape index (κ2) is 6.26. The van der Waals surface area contributed by atoms with Crippen molar-refractivity contribution in [2.75, 3.05) is 39.5 Å². The number of sulfonamides is 1. The van der Waals surface area contributed by atoms with Gasteiger partial charge >= 0.3 is 0 Å². The SMILES string of the molecule is CNCc1cc(CN2CCN(S(C)(=O)=O)CC2)oc1C. The van der Waals surface area contributed by atoms with Gasteiger partial charge in [-0.25, -0.2) is 8.42 Å². The third-order valence-corrected chi connectivity index (χ3v) is 4.92. The zero-order valence-electron chi connectivity index (χ0n) is 12.3. The minimum Gasteiger partial charge on any atom is -0.465 e. The Bertz CT molecular complexity index is 545. The number of hydrogen-bond acceptors (Lipinski definition) is 5. The lowest BCUT2D eigenvalue weighted by molar-refractivity contribution is 0.171. The van der Waals surface area contributed by atoms with Gasteiger partial charge in [0.15, 0.2) is 0 Å². The molecule has 0 spiro atoms. The van der Waals surface area contributed by atoms with Crippen LogP contribution in [0.3, 0.4) is 0 Å². The van der Waals surface area contributed by atoms with E-state index in [2.05, 4.69) is 16.3 Å². The molecule has 1 saturated heterocycles. The zero-order valence-corrected chi connectivity index (χ0v) is 13.2. The molecule has 0 saturated carbocycles. The zero-order chi connectivity index (χ0) is 14.8. The van der Waals surface area contributed by atoms with E-state index in [4.69, 9.17) is 4.42 Å². The summed E-state index contributed by atoms with van der Waals surface area (Å²) in [5.41, 5.74) is 1.18. The Balaban J connectivity index is 1.91. The average Bonchev–Trinajstić information content (AvgIpc) is 2.70. The molecule has 0 atom stereocenters. The quantitative estimate of drug-likeness (QED) is 0.852. The first-order chi connectivity index (χ1) is 9.40. The Kier molecular flexibility index (Phi) is 4.85. The van der Waals surface area contributed by atoms with E-state index >= 15 is 0 Å². The van der Waals surface area contributed by atoms with Crippen LogP contribution >= 0.6 is 0 Å². The predicted octanol–water partition coefficient (Wildman–Crippen LogP) is 0.385. The summed E-state index contributed by atoms with van der Waals surface area (Å²) < 4.78 is 30.2. The molecule has 1 aromatic rings. The van der Waals surface area contributed by atoms with E-state index in [1.54, 1.807) is 0 Å². The number of furan rings is 1. The van der Waals surface area contributed by atoms with Crippen LogP contribution in [0.25, 0.3) is 0 Å². The lowest BCUT2D eigenvalue weighted by atomic mass is 10.2. The van der Waals surface area contributed by atoms with Crippen molar-refractivity contribution in [3.05, 3.63) is 23.2 Å². The summed E-state index contributed by atoms with van der Waals surface area (Å²) in [6, 6.07) is 2.08. The molecule has 0 unspecified atom stereocenters. The van der Waals surface area contributed by atoms with E-state index < -0.39 is 10.0 Å². The Morgan fingerprint density at radius 1 is 1.30 bits per heavy atom. The topological polar surface area (TPSA) is 65.8 Å². The highest BCUT2D eigenvalue weighted by molar-refractivity contribution is 7.88. The van der Waals surface area contributed by atoms with Gasteiger partial charge in [0.1, 0.15) is 11.5 Å². The van der Waals surface area contributed by atoms with Crippen LogP contribution in [0.15, 0.2) is 10.5 Å². The number of rotatable bonds is 5. The molecule has 0 amide bonds. The molecule has 1 aliphatic rings. The molecule has 1 N–H and O–H groups in total. The van der Waals surface area contributed by atoms with Crippen molar-refractivity contribution >= 4 is 10.0 Å². The van der Waals surface area contributed by atoms with Crippen molar-refractivity contribution in [1.29, 1.82) is 0 Å². The van der Waals surface area contributed by atoms with Gasteiger partial charge in [0, 0.05) is 38.3 Å². The van der Waals surface area contributed by atoms with Gasteiger partial charge in [-0.2, -0.15) is 4.31 Å². The minimum absolute atomic E-state index is 0.557. The Morgan fingerprint density at radius 3 is 2.50 bits per heavy atom. The molecule has 0 aromatic carbocycles. The van der Waals surface area contributed by atoms with Gasteiger partial charge in [-0.1, -0.05) is 0 Å². The minimum atomic E-state index is -3.06. The van der Waals surface area contributed by atoms with E-state index in [1.165, 1.54) is 16.1 Å². The van der Waals surface area contributed by atoms with Crippen LogP contribution in [0, 0.1) is 6.92 Å². The van der Waals surface area contributed by atoms with Gasteiger partial charge in [-0.3, -0.25) is 4.90 Å². The molecule has 2 rings (SSSR count). The van der Waals surface area contributed by atoms with Crippen LogP contribution in [0.1, 0.15) is 17.1 Å². The van der Waals surface area contributed by atoms with Crippen LogP contribution in [0.2, 0.25) is 0 Å². The van der Waals surface area contributed by atoms with Crippen molar-refractivity contribution in [3.8, 4) is 0 Å². The Hall–Kier alpha value is -0.890. The summed E-state index contributed by atoms with van der Waals surface area (Å²) in [6.07, 6.45) is 1.27. The predicted molar refractivity (Wildman–Crippen MR) is 77.9 cm³/mol. The summed E-state index contributed by atoms with van der Waals surface area (Å²) in [5, 5.41) is 3.12. The summed E-state index contributed by atoms with van der Waals surface area (Å²) >= 11 is 0. The van der Waals surface area contributed by atoms with Gasteiger partial charge < -0.3 is 9.73 Å². The number of nitrogens with one attached hydrogen (secondary N) is 1. The third-order valence-electron chi connectivity index (χ3n) is 3.62. The monoisotopic (exact) mass is 301 g/mol. The number of nitrogens with zero attached hydrogens (tertiary/aromatic N) is 2. The molecule has 1 aliphatic heterocycles. The first-order valence-electron chi connectivity index (χ1n) is 6.80. The van der Waals surface area contributed by atoms with Gasteiger partial charge in [0.05, 0.1) is 12.8 Å². The Morgan fingerprint density at radius 2 is 1.95 bits per heavy atom. The van der Waals surface area contributed by atoms with Crippen molar-refractivity contribution in [2.24, 2.45) is 0 Å². The van der Waals surface area contributed by atoms with Crippen molar-refractivity contribution in [3.63, 3.8) is 0 Å². The van der Waals surface area contributed by atoms with Crippen molar-refractivity contribution < 1.29 is 12.8 Å². The third kappa shape index (κ3) is 3.82. The fourth-order valence-corrected chi connectivity index (χ4v) is 3.30. The smallest absolute Gasteiger partial charge is 0.211 e. The van der Waals surface area contributed by atoms with Gasteiger partial charge in [0.2, 0.25) is 10.0 Å². The van der Waals surface area contributed by atoms with Crippen molar-refractivity contribution in [1.82, 2.24) is 14.5 Å². The van der Waals surface area contributed by atoms with Crippen molar-refractivity contribution in [2.45, 2.75) is 20.0 Å². The van der Waals surface area contributed by atoms with E-state index in [0.29, 0.717) is 13.1 Å². The summed E-state index contributed by atoms with van der Waals surface area (Å²) in [4.78, 5) is 2.23. The van der Waals surface area contributed by atoms with E-state index in [0.717, 1.165) is 37.7 Å². The maximum Gasteiger partial charge on any atom is 0.211 e. The van der Waals surface area contributed by atoms with Crippen LogP contribution in [-0.4, -0.2) is 57.1 Å². The second-order valence-corrected chi connectivity index (χ2v) is 7.25. The second-order valence-electron chi connectivity index (χ2n) is 5.26. The van der Waals surface area contributed by atoms with E-state index in [1.807, 2.05) is 14.0 Å². The molecule has 20 heavy (non-hydrogen) atoms. The van der Waals surface area contributed by atoms with E-state index in [9.17, 15) is 8.42 Å². The van der Waals surface area contributed by atoms with Gasteiger partial charge in [-0.15, -0.1) is 0 Å². The highest BCUT2D eigenvalue weighted by Crippen LogP contribution is 2.17. The molecule has 1 aromatic heterocycles. The molecule has 7 heteroatoms. The lowest BCUT2D eigenvalue weighted by Crippen LogP contribution is -2.47. The largest absolute Gasteiger partial charge is 0.465 e. The van der Waals surface area contributed by atoms with Crippen LogP contribution in [-0.2, 0) is 23.1 Å². The van der Waals surface area contributed by atoms with Crippen LogP contribution in [0.4, 0.5) is 0 Å². The fourth-order valence-electron chi connectivity index (χ4n) is 2.47. The highest BCUT2D eigenvalue weighted by Gasteiger charge is 2.24. The van der Waals surface area contributed by atoms with E-state index in [-0.39, 0.29) is 0 Å². The molecule has 1 fully saturated rings. The molecule has 114 valence electrons. The maximum absolute atomic E-state index is 11.5. The normalized spacial score (nSPS) is 18.6. The highest BCUT2D eigenvalue weighted by atomic mass is 32.2. The summed E-state index contributed by atoms with van der Waals surface area (Å²) in [5.74, 6) is 1.89. The lowest BCUT2D eigenvalue weighted by Gasteiger charge is -2.32. The molecular formula is C13H23N3O3S. The molecular weight excluding hydrogens is 278 g/mol. The molecule has 6 nitrogen and oxygen atoms in total. The van der Waals surface area contributed by atoms with Gasteiger partial charge in [-0.05, 0) is 20.0 Å². The van der Waals surface area contributed by atoms with Crippen LogP contribution in [0.5, 0.6) is 0 Å². The Labute approximate surface area is 120 Å². The molecule has 0 aliphatic carbocycles. The molecule has 2 heterocycles. The molecule has 0 radical (unpaired) electrons. The maximum atomic E-state index is 11.5. The first-order valence-corrected chi connectivity index (χ1v) is 8.65. The summed E-state index contributed by atoms with van der Waals surface area (Å²) in [7, 11) is -1.14. The van der Waals surface area contributed by atoms with Gasteiger partial charge in [0.25, 0.3) is 0 Å².